The monoisotopic (exact) mass is 284 g/mol. The number of carbonyl (C=O) groups is 1. The number of amides is 1. The van der Waals surface area contributed by atoms with Gasteiger partial charge in [-0.2, -0.15) is 0 Å². The molecule has 0 atom stereocenters. The zero-order valence-electron chi connectivity index (χ0n) is 11.7. The predicted octanol–water partition coefficient (Wildman–Crippen LogP) is 1.85. The Kier molecular flexibility index (Phi) is 6.59. The van der Waals surface area contributed by atoms with Crippen LogP contribution < -0.4 is 10.6 Å². The van der Waals surface area contributed by atoms with Gasteiger partial charge in [0.1, 0.15) is 11.5 Å². The highest BCUT2D eigenvalue weighted by molar-refractivity contribution is 6.33. The van der Waals surface area contributed by atoms with Crippen LogP contribution in [0, 0.1) is 0 Å². The fourth-order valence-electron chi connectivity index (χ4n) is 1.48. The highest BCUT2D eigenvalue weighted by Crippen LogP contribution is 2.16. The molecule has 0 aliphatic carbocycles. The summed E-state index contributed by atoms with van der Waals surface area (Å²) in [5.74, 6) is 0.414. The van der Waals surface area contributed by atoms with E-state index in [1.165, 1.54) is 0 Å². The third-order valence-corrected chi connectivity index (χ3v) is 3.04. The van der Waals surface area contributed by atoms with Crippen molar-refractivity contribution in [3.8, 4) is 0 Å². The van der Waals surface area contributed by atoms with E-state index in [1.54, 1.807) is 12.1 Å². The molecule has 0 aromatic carbocycles. The summed E-state index contributed by atoms with van der Waals surface area (Å²) in [6, 6.07) is 3.44. The molecule has 6 heteroatoms. The summed E-state index contributed by atoms with van der Waals surface area (Å²) in [5, 5.41) is 6.24. The summed E-state index contributed by atoms with van der Waals surface area (Å²) in [7, 11) is 2.00. The Morgan fingerprint density at radius 3 is 2.79 bits per heavy atom. The van der Waals surface area contributed by atoms with Crippen LogP contribution in [0.1, 0.15) is 24.3 Å². The van der Waals surface area contributed by atoms with Gasteiger partial charge in [-0.1, -0.05) is 18.5 Å². The normalized spacial score (nSPS) is 10.6. The van der Waals surface area contributed by atoms with Crippen molar-refractivity contribution in [3.63, 3.8) is 0 Å². The second kappa shape index (κ2) is 7.96. The van der Waals surface area contributed by atoms with Crippen LogP contribution in [0.3, 0.4) is 0 Å². The highest BCUT2D eigenvalue weighted by Gasteiger charge is 2.12. The molecule has 0 saturated carbocycles. The molecule has 0 fully saturated rings. The van der Waals surface area contributed by atoms with E-state index in [2.05, 4.69) is 27.4 Å². The Bertz CT molecular complexity index is 425. The van der Waals surface area contributed by atoms with Crippen molar-refractivity contribution in [2.45, 2.75) is 13.8 Å². The van der Waals surface area contributed by atoms with Crippen LogP contribution in [0.2, 0.25) is 5.02 Å². The van der Waals surface area contributed by atoms with E-state index < -0.39 is 0 Å². The Balaban J connectivity index is 2.62. The van der Waals surface area contributed by atoms with Gasteiger partial charge in [0.2, 0.25) is 0 Å². The Morgan fingerprint density at radius 2 is 2.16 bits per heavy atom. The van der Waals surface area contributed by atoms with Crippen LogP contribution in [0.15, 0.2) is 12.1 Å². The number of hydrogen-bond donors (Lipinski definition) is 2. The number of pyridine rings is 1. The van der Waals surface area contributed by atoms with Crippen molar-refractivity contribution in [1.29, 1.82) is 0 Å². The third kappa shape index (κ3) is 5.04. The fourth-order valence-corrected chi connectivity index (χ4v) is 1.67. The SMILES string of the molecule is CCNc1ccc(Cl)c(C(=O)NCCN(C)CC)n1. The van der Waals surface area contributed by atoms with Crippen molar-refractivity contribution in [2.24, 2.45) is 0 Å². The van der Waals surface area contributed by atoms with Crippen molar-refractivity contribution >= 4 is 23.3 Å². The van der Waals surface area contributed by atoms with Gasteiger partial charge in [-0.05, 0) is 32.6 Å². The van der Waals surface area contributed by atoms with Crippen LogP contribution in [-0.4, -0.2) is 49.0 Å². The predicted molar refractivity (Wildman–Crippen MR) is 78.9 cm³/mol. The molecule has 0 bridgehead atoms. The zero-order chi connectivity index (χ0) is 14.3. The lowest BCUT2D eigenvalue weighted by Crippen LogP contribution is -2.33. The first-order valence-corrected chi connectivity index (χ1v) is 6.83. The number of nitrogens with zero attached hydrogens (tertiary/aromatic N) is 2. The molecule has 2 N–H and O–H groups in total. The molecule has 19 heavy (non-hydrogen) atoms. The molecule has 1 rings (SSSR count). The first-order chi connectivity index (χ1) is 9.08. The van der Waals surface area contributed by atoms with Crippen LogP contribution in [0.4, 0.5) is 5.82 Å². The lowest BCUT2D eigenvalue weighted by atomic mass is 10.3. The minimum Gasteiger partial charge on any atom is -0.370 e. The van der Waals surface area contributed by atoms with E-state index in [0.29, 0.717) is 17.4 Å². The molecule has 0 aliphatic rings. The first-order valence-electron chi connectivity index (χ1n) is 6.45. The van der Waals surface area contributed by atoms with Crippen LogP contribution in [-0.2, 0) is 0 Å². The van der Waals surface area contributed by atoms with Gasteiger partial charge in [-0.15, -0.1) is 0 Å². The summed E-state index contributed by atoms with van der Waals surface area (Å²) < 4.78 is 0. The molecule has 0 spiro atoms. The lowest BCUT2D eigenvalue weighted by Gasteiger charge is -2.14. The average molecular weight is 285 g/mol. The molecular formula is C13H21ClN4O. The molecule has 1 aromatic heterocycles. The van der Waals surface area contributed by atoms with E-state index in [0.717, 1.165) is 19.6 Å². The molecule has 106 valence electrons. The number of halogens is 1. The van der Waals surface area contributed by atoms with Gasteiger partial charge in [0.15, 0.2) is 0 Å². The quantitative estimate of drug-likeness (QED) is 0.802. The smallest absolute Gasteiger partial charge is 0.271 e. The number of anilines is 1. The third-order valence-electron chi connectivity index (χ3n) is 2.74. The fraction of sp³-hybridized carbons (Fsp3) is 0.538. The molecule has 0 saturated heterocycles. The second-order valence-electron chi connectivity index (χ2n) is 4.21. The van der Waals surface area contributed by atoms with Crippen molar-refractivity contribution in [2.75, 3.05) is 38.5 Å². The number of carbonyl (C=O) groups excluding carboxylic acids is 1. The molecule has 0 unspecified atom stereocenters. The van der Waals surface area contributed by atoms with Gasteiger partial charge in [0.25, 0.3) is 5.91 Å². The molecule has 0 aliphatic heterocycles. The number of aromatic nitrogens is 1. The summed E-state index contributed by atoms with van der Waals surface area (Å²) in [4.78, 5) is 18.3. The molecule has 1 aromatic rings. The molecular weight excluding hydrogens is 264 g/mol. The first kappa shape index (κ1) is 15.7. The van der Waals surface area contributed by atoms with E-state index in [-0.39, 0.29) is 11.6 Å². The van der Waals surface area contributed by atoms with Gasteiger partial charge in [-0.25, -0.2) is 4.98 Å². The maximum absolute atomic E-state index is 12.0. The van der Waals surface area contributed by atoms with Crippen LogP contribution in [0.25, 0.3) is 0 Å². The minimum absolute atomic E-state index is 0.241. The second-order valence-corrected chi connectivity index (χ2v) is 4.62. The van der Waals surface area contributed by atoms with Gasteiger partial charge in [0.05, 0.1) is 5.02 Å². The van der Waals surface area contributed by atoms with Gasteiger partial charge < -0.3 is 15.5 Å². The lowest BCUT2D eigenvalue weighted by molar-refractivity contribution is 0.0945. The van der Waals surface area contributed by atoms with Gasteiger partial charge >= 0.3 is 0 Å². The summed E-state index contributed by atoms with van der Waals surface area (Å²) >= 11 is 6.00. The van der Waals surface area contributed by atoms with Crippen molar-refractivity contribution in [1.82, 2.24) is 15.2 Å². The van der Waals surface area contributed by atoms with E-state index in [4.69, 9.17) is 11.6 Å². The number of nitrogens with one attached hydrogen (secondary N) is 2. The standard InChI is InChI=1S/C13H21ClN4O/c1-4-15-11-7-6-10(14)12(17-11)13(19)16-8-9-18(3)5-2/h6-7H,4-5,8-9H2,1-3H3,(H,15,17)(H,16,19). The Labute approximate surface area is 119 Å². The van der Waals surface area contributed by atoms with Crippen molar-refractivity contribution < 1.29 is 4.79 Å². The molecule has 1 heterocycles. The number of likely N-dealkylation sites (N-methyl/N-ethyl adjacent to an activating group) is 1. The summed E-state index contributed by atoms with van der Waals surface area (Å²) in [6.07, 6.45) is 0. The average Bonchev–Trinajstić information content (AvgIpc) is 2.40. The zero-order valence-corrected chi connectivity index (χ0v) is 12.4. The molecule has 5 nitrogen and oxygen atoms in total. The molecule has 0 radical (unpaired) electrons. The maximum Gasteiger partial charge on any atom is 0.271 e. The van der Waals surface area contributed by atoms with Crippen molar-refractivity contribution in [3.05, 3.63) is 22.8 Å². The van der Waals surface area contributed by atoms with E-state index >= 15 is 0 Å². The highest BCUT2D eigenvalue weighted by atomic mass is 35.5. The maximum atomic E-state index is 12.0. The molecule has 1 amide bonds. The Hall–Kier alpha value is -1.33. The number of hydrogen-bond acceptors (Lipinski definition) is 4. The van der Waals surface area contributed by atoms with Gasteiger partial charge in [-0.3, -0.25) is 4.79 Å². The van der Waals surface area contributed by atoms with E-state index in [1.807, 2.05) is 14.0 Å². The summed E-state index contributed by atoms with van der Waals surface area (Å²) in [6.45, 7) is 7.11. The van der Waals surface area contributed by atoms with Gasteiger partial charge in [0, 0.05) is 19.6 Å². The summed E-state index contributed by atoms with van der Waals surface area (Å²) in [5.41, 5.74) is 0.263. The van der Waals surface area contributed by atoms with Crippen LogP contribution >= 0.6 is 11.6 Å². The van der Waals surface area contributed by atoms with E-state index in [9.17, 15) is 4.79 Å². The largest absolute Gasteiger partial charge is 0.370 e. The van der Waals surface area contributed by atoms with Crippen LogP contribution in [0.5, 0.6) is 0 Å². The number of rotatable bonds is 7. The Morgan fingerprint density at radius 1 is 1.42 bits per heavy atom. The minimum atomic E-state index is -0.241. The topological polar surface area (TPSA) is 57.3 Å².